The molecule has 0 aromatic heterocycles. The van der Waals surface area contributed by atoms with E-state index < -0.39 is 0 Å². The Kier molecular flexibility index (Phi) is 5.73. The molecular formula is C21H27NO. The fourth-order valence-electron chi connectivity index (χ4n) is 2.97. The maximum atomic E-state index is 11.9. The van der Waals surface area contributed by atoms with Gasteiger partial charge >= 0.3 is 0 Å². The van der Waals surface area contributed by atoms with Crippen LogP contribution >= 0.6 is 0 Å². The van der Waals surface area contributed by atoms with Crippen molar-refractivity contribution in [3.05, 3.63) is 71.8 Å². The van der Waals surface area contributed by atoms with Gasteiger partial charge in [-0.15, -0.1) is 0 Å². The first kappa shape index (κ1) is 17.4. The number of carbonyl (C=O) groups excluding carboxylic acids is 1. The van der Waals surface area contributed by atoms with Crippen LogP contribution in [0.5, 0.6) is 0 Å². The molecule has 23 heavy (non-hydrogen) atoms. The molecule has 0 saturated carbocycles. The first-order valence-corrected chi connectivity index (χ1v) is 8.23. The Balaban J connectivity index is 2.36. The molecule has 0 fully saturated rings. The van der Waals surface area contributed by atoms with Gasteiger partial charge in [-0.2, -0.15) is 0 Å². The maximum Gasteiger partial charge on any atom is 0.137 e. The van der Waals surface area contributed by atoms with E-state index in [1.54, 1.807) is 0 Å². The van der Waals surface area contributed by atoms with Crippen LogP contribution in [0, 0.1) is 5.41 Å². The average Bonchev–Trinajstić information content (AvgIpc) is 2.54. The van der Waals surface area contributed by atoms with Gasteiger partial charge in [0.05, 0.1) is 6.04 Å². The molecule has 2 aromatic carbocycles. The van der Waals surface area contributed by atoms with Crippen molar-refractivity contribution in [2.24, 2.45) is 5.41 Å². The summed E-state index contributed by atoms with van der Waals surface area (Å²) in [6, 6.07) is 20.8. The highest BCUT2D eigenvalue weighted by Gasteiger charge is 2.33. The van der Waals surface area contributed by atoms with E-state index in [2.05, 4.69) is 69.0 Å². The summed E-state index contributed by atoms with van der Waals surface area (Å²) in [7, 11) is 0. The molecule has 2 aromatic rings. The summed E-state index contributed by atoms with van der Waals surface area (Å²) < 4.78 is 0. The van der Waals surface area contributed by atoms with E-state index in [1.165, 1.54) is 11.1 Å². The quantitative estimate of drug-likeness (QED) is 0.710. The third kappa shape index (κ3) is 4.52. The van der Waals surface area contributed by atoms with Crippen LogP contribution in [0.1, 0.15) is 44.9 Å². The summed E-state index contributed by atoms with van der Waals surface area (Å²) in [6.45, 7) is 9.32. The summed E-state index contributed by atoms with van der Waals surface area (Å²) >= 11 is 0. The number of rotatable bonds is 6. The van der Waals surface area contributed by atoms with Crippen LogP contribution in [-0.4, -0.2) is 17.2 Å². The Hall–Kier alpha value is -1.93. The van der Waals surface area contributed by atoms with Gasteiger partial charge in [0.2, 0.25) is 0 Å². The van der Waals surface area contributed by atoms with E-state index in [4.69, 9.17) is 0 Å². The molecule has 2 rings (SSSR count). The van der Waals surface area contributed by atoms with Gasteiger partial charge < -0.3 is 4.79 Å². The van der Waals surface area contributed by atoms with E-state index in [9.17, 15) is 4.79 Å². The second kappa shape index (κ2) is 7.56. The molecule has 0 amide bonds. The molecule has 0 aliphatic carbocycles. The summed E-state index contributed by atoms with van der Waals surface area (Å²) in [6.07, 6.45) is 1.10. The Morgan fingerprint density at radius 3 is 1.96 bits per heavy atom. The van der Waals surface area contributed by atoms with Gasteiger partial charge in [0.25, 0.3) is 0 Å². The van der Waals surface area contributed by atoms with Crippen molar-refractivity contribution in [1.82, 2.24) is 4.90 Å². The fourth-order valence-corrected chi connectivity index (χ4v) is 2.97. The van der Waals surface area contributed by atoms with E-state index in [0.29, 0.717) is 0 Å². The second-order valence-electron chi connectivity index (χ2n) is 7.19. The van der Waals surface area contributed by atoms with Gasteiger partial charge in [-0.25, -0.2) is 0 Å². The Morgan fingerprint density at radius 1 is 0.957 bits per heavy atom. The zero-order valence-electron chi connectivity index (χ0n) is 14.6. The standard InChI is InChI=1S/C21H27NO/c1-17(19-13-9-6-10-14-19)22(20(16-23)21(2,3)4)15-18-11-7-5-8-12-18/h5-14,16-17,20H,15H2,1-4H3/t17-,20+/m1/s1. The van der Waals surface area contributed by atoms with Gasteiger partial charge in [-0.1, -0.05) is 81.4 Å². The van der Waals surface area contributed by atoms with Crippen LogP contribution < -0.4 is 0 Å². The summed E-state index contributed by atoms with van der Waals surface area (Å²) in [4.78, 5) is 14.2. The van der Waals surface area contributed by atoms with Gasteiger partial charge in [0.1, 0.15) is 6.29 Å². The van der Waals surface area contributed by atoms with E-state index in [-0.39, 0.29) is 17.5 Å². The molecule has 2 atom stereocenters. The van der Waals surface area contributed by atoms with Crippen LogP contribution in [0.4, 0.5) is 0 Å². The van der Waals surface area contributed by atoms with E-state index in [1.807, 2.05) is 24.3 Å². The molecule has 2 nitrogen and oxygen atoms in total. The third-order valence-electron chi connectivity index (χ3n) is 4.36. The van der Waals surface area contributed by atoms with Gasteiger partial charge in [-0.3, -0.25) is 4.90 Å². The summed E-state index contributed by atoms with van der Waals surface area (Å²) in [5, 5.41) is 0. The first-order valence-electron chi connectivity index (χ1n) is 8.23. The SMILES string of the molecule is C[C@H](c1ccccc1)N(Cc1ccccc1)[C@@H](C=O)C(C)(C)C. The normalized spacial score (nSPS) is 14.5. The predicted molar refractivity (Wildman–Crippen MR) is 96.1 cm³/mol. The Labute approximate surface area is 140 Å². The molecule has 0 N–H and O–H groups in total. The smallest absolute Gasteiger partial charge is 0.137 e. The van der Waals surface area contributed by atoms with Crippen LogP contribution in [0.2, 0.25) is 0 Å². The van der Waals surface area contributed by atoms with E-state index in [0.717, 1.165) is 12.8 Å². The number of benzene rings is 2. The minimum absolute atomic E-state index is 0.112. The molecule has 2 heteroatoms. The van der Waals surface area contributed by atoms with Crippen molar-refractivity contribution in [2.45, 2.75) is 46.3 Å². The largest absolute Gasteiger partial charge is 0.302 e. The minimum Gasteiger partial charge on any atom is -0.302 e. The number of hydrogen-bond acceptors (Lipinski definition) is 2. The highest BCUT2D eigenvalue weighted by Crippen LogP contribution is 2.32. The van der Waals surface area contributed by atoms with Crippen molar-refractivity contribution < 1.29 is 4.79 Å². The highest BCUT2D eigenvalue weighted by molar-refractivity contribution is 5.59. The highest BCUT2D eigenvalue weighted by atomic mass is 16.1. The fraction of sp³-hybridized carbons (Fsp3) is 0.381. The average molecular weight is 309 g/mol. The summed E-state index contributed by atoms with van der Waals surface area (Å²) in [5.41, 5.74) is 2.35. The van der Waals surface area contributed by atoms with Crippen LogP contribution in [0.15, 0.2) is 60.7 Å². The van der Waals surface area contributed by atoms with Crippen LogP contribution in [0.3, 0.4) is 0 Å². The number of aldehydes is 1. The lowest BCUT2D eigenvalue weighted by Gasteiger charge is -2.40. The molecule has 0 radical (unpaired) electrons. The topological polar surface area (TPSA) is 20.3 Å². The second-order valence-corrected chi connectivity index (χ2v) is 7.19. The maximum absolute atomic E-state index is 11.9. The molecule has 0 unspecified atom stereocenters. The van der Waals surface area contributed by atoms with Crippen LogP contribution in [-0.2, 0) is 11.3 Å². The molecular weight excluding hydrogens is 282 g/mol. The molecule has 0 heterocycles. The first-order chi connectivity index (χ1) is 10.9. The molecule has 122 valence electrons. The van der Waals surface area contributed by atoms with Crippen molar-refractivity contribution in [3.8, 4) is 0 Å². The lowest BCUT2D eigenvalue weighted by molar-refractivity contribution is -0.117. The predicted octanol–water partition coefficient (Wildman–Crippen LogP) is 4.86. The summed E-state index contributed by atoms with van der Waals surface area (Å²) in [5.74, 6) is 0. The zero-order chi connectivity index (χ0) is 16.9. The van der Waals surface area contributed by atoms with Crippen molar-refractivity contribution >= 4 is 6.29 Å². The molecule has 0 aliphatic rings. The number of carbonyl (C=O) groups is 1. The minimum atomic E-state index is -0.141. The van der Waals surface area contributed by atoms with Crippen molar-refractivity contribution in [2.75, 3.05) is 0 Å². The van der Waals surface area contributed by atoms with E-state index >= 15 is 0 Å². The molecule has 0 saturated heterocycles. The van der Waals surface area contributed by atoms with Crippen molar-refractivity contribution in [1.29, 1.82) is 0 Å². The number of nitrogens with zero attached hydrogens (tertiary/aromatic N) is 1. The molecule has 0 bridgehead atoms. The monoisotopic (exact) mass is 309 g/mol. The van der Waals surface area contributed by atoms with Gasteiger partial charge in [0.15, 0.2) is 0 Å². The zero-order valence-corrected chi connectivity index (χ0v) is 14.6. The molecule has 0 aliphatic heterocycles. The molecule has 0 spiro atoms. The Bertz CT molecular complexity index is 601. The van der Waals surface area contributed by atoms with Gasteiger partial charge in [0, 0.05) is 12.6 Å². The van der Waals surface area contributed by atoms with Crippen molar-refractivity contribution in [3.63, 3.8) is 0 Å². The van der Waals surface area contributed by atoms with Gasteiger partial charge in [-0.05, 0) is 23.5 Å². The lowest BCUT2D eigenvalue weighted by Crippen LogP contribution is -2.46. The Morgan fingerprint density at radius 2 is 1.48 bits per heavy atom. The lowest BCUT2D eigenvalue weighted by atomic mass is 9.85. The van der Waals surface area contributed by atoms with Crippen LogP contribution in [0.25, 0.3) is 0 Å². The number of hydrogen-bond donors (Lipinski definition) is 0. The third-order valence-corrected chi connectivity index (χ3v) is 4.36.